The molecule has 0 unspecified atom stereocenters. The van der Waals surface area contributed by atoms with E-state index < -0.39 is 16.1 Å². The number of nitrogens with one attached hydrogen (secondary N) is 1. The number of aryl methyl sites for hydroxylation is 1. The topological polar surface area (TPSA) is 96.0 Å². The van der Waals surface area contributed by atoms with Gasteiger partial charge in [0.05, 0.1) is 19.1 Å². The molecule has 0 aliphatic carbocycles. The standard InChI is InChI=1S/C27H39N3O5S/c1-6-18-28-27(32)25(7-2)29(20-22-12-10-21(3)11-13-22)26(31)9-8-19-30(36(5,33)34)23-14-16-24(35-4)17-15-23/h10-17,25H,6-9,18-20H2,1-5H3,(H,28,32)/t25-/m1/s1. The molecule has 0 radical (unpaired) electrons. The molecule has 8 nitrogen and oxygen atoms in total. The van der Waals surface area contributed by atoms with Gasteiger partial charge in [-0.3, -0.25) is 13.9 Å². The first-order valence-corrected chi connectivity index (χ1v) is 14.2. The van der Waals surface area contributed by atoms with E-state index in [2.05, 4.69) is 5.32 Å². The molecule has 0 spiro atoms. The van der Waals surface area contributed by atoms with Crippen molar-refractivity contribution in [2.24, 2.45) is 0 Å². The molecule has 1 atom stereocenters. The van der Waals surface area contributed by atoms with Gasteiger partial charge in [0.15, 0.2) is 0 Å². The van der Waals surface area contributed by atoms with Crippen molar-refractivity contribution in [1.82, 2.24) is 10.2 Å². The molecule has 2 aromatic carbocycles. The van der Waals surface area contributed by atoms with Gasteiger partial charge in [0.25, 0.3) is 0 Å². The van der Waals surface area contributed by atoms with Crippen molar-refractivity contribution in [3.8, 4) is 5.75 Å². The van der Waals surface area contributed by atoms with Crippen LogP contribution in [-0.4, -0.2) is 57.6 Å². The lowest BCUT2D eigenvalue weighted by Gasteiger charge is -2.31. The lowest BCUT2D eigenvalue weighted by Crippen LogP contribution is -2.49. The molecule has 36 heavy (non-hydrogen) atoms. The van der Waals surface area contributed by atoms with Crippen LogP contribution in [0.15, 0.2) is 48.5 Å². The second-order valence-electron chi connectivity index (χ2n) is 8.86. The molecule has 198 valence electrons. The minimum absolute atomic E-state index is 0.117. The van der Waals surface area contributed by atoms with E-state index in [1.165, 1.54) is 4.31 Å². The predicted molar refractivity (Wildman–Crippen MR) is 144 cm³/mol. The van der Waals surface area contributed by atoms with Gasteiger partial charge in [-0.05, 0) is 56.0 Å². The fourth-order valence-corrected chi connectivity index (χ4v) is 4.89. The molecular weight excluding hydrogens is 478 g/mol. The Kier molecular flexibility index (Phi) is 11.2. The maximum absolute atomic E-state index is 13.4. The Bertz CT molecular complexity index is 1090. The number of hydrogen-bond acceptors (Lipinski definition) is 5. The highest BCUT2D eigenvalue weighted by Gasteiger charge is 2.28. The molecule has 0 saturated carbocycles. The van der Waals surface area contributed by atoms with Gasteiger partial charge in [-0.1, -0.05) is 43.7 Å². The van der Waals surface area contributed by atoms with Crippen molar-refractivity contribution in [3.05, 3.63) is 59.7 Å². The zero-order valence-corrected chi connectivity index (χ0v) is 22.8. The summed E-state index contributed by atoms with van der Waals surface area (Å²) in [6, 6.07) is 14.0. The molecule has 0 saturated heterocycles. The molecule has 0 bridgehead atoms. The number of carbonyl (C=O) groups excluding carboxylic acids is 2. The average molecular weight is 518 g/mol. The highest BCUT2D eigenvalue weighted by molar-refractivity contribution is 7.92. The Labute approximate surface area is 215 Å². The smallest absolute Gasteiger partial charge is 0.242 e. The number of anilines is 1. The van der Waals surface area contributed by atoms with Crippen LogP contribution in [0.1, 0.15) is 50.7 Å². The number of amides is 2. The third-order valence-electron chi connectivity index (χ3n) is 5.92. The lowest BCUT2D eigenvalue weighted by molar-refractivity contribution is -0.141. The fourth-order valence-electron chi connectivity index (χ4n) is 3.93. The van der Waals surface area contributed by atoms with Crippen LogP contribution in [0.3, 0.4) is 0 Å². The van der Waals surface area contributed by atoms with Gasteiger partial charge in [-0.2, -0.15) is 0 Å². The van der Waals surface area contributed by atoms with Crippen molar-refractivity contribution in [1.29, 1.82) is 0 Å². The minimum Gasteiger partial charge on any atom is -0.497 e. The molecule has 9 heteroatoms. The van der Waals surface area contributed by atoms with Crippen LogP contribution in [0.25, 0.3) is 0 Å². The van der Waals surface area contributed by atoms with Crippen LogP contribution in [0.5, 0.6) is 5.75 Å². The molecule has 0 aliphatic rings. The summed E-state index contributed by atoms with van der Waals surface area (Å²) >= 11 is 0. The van der Waals surface area contributed by atoms with Crippen molar-refractivity contribution >= 4 is 27.5 Å². The maximum atomic E-state index is 13.4. The predicted octanol–water partition coefficient (Wildman–Crippen LogP) is 3.88. The summed E-state index contributed by atoms with van der Waals surface area (Å²) in [5, 5.41) is 2.91. The number of carbonyl (C=O) groups is 2. The summed E-state index contributed by atoms with van der Waals surface area (Å²) in [5.41, 5.74) is 2.56. The molecule has 2 rings (SSSR count). The molecule has 2 aromatic rings. The van der Waals surface area contributed by atoms with Crippen LogP contribution in [-0.2, 0) is 26.2 Å². The van der Waals surface area contributed by atoms with Crippen molar-refractivity contribution in [2.45, 2.75) is 59.0 Å². The van der Waals surface area contributed by atoms with Gasteiger partial charge in [0.1, 0.15) is 11.8 Å². The third kappa shape index (κ3) is 8.55. The van der Waals surface area contributed by atoms with Gasteiger partial charge >= 0.3 is 0 Å². The second kappa shape index (κ2) is 13.9. The van der Waals surface area contributed by atoms with Crippen LogP contribution < -0.4 is 14.4 Å². The van der Waals surface area contributed by atoms with Crippen LogP contribution in [0.2, 0.25) is 0 Å². The largest absolute Gasteiger partial charge is 0.497 e. The number of rotatable bonds is 14. The summed E-state index contributed by atoms with van der Waals surface area (Å²) in [6.45, 7) is 6.87. The summed E-state index contributed by atoms with van der Waals surface area (Å²) in [6.07, 6.45) is 2.87. The first-order valence-electron chi connectivity index (χ1n) is 12.3. The minimum atomic E-state index is -3.55. The Balaban J connectivity index is 2.18. The van der Waals surface area contributed by atoms with E-state index in [1.54, 1.807) is 36.3 Å². The van der Waals surface area contributed by atoms with E-state index in [4.69, 9.17) is 4.74 Å². The summed E-state index contributed by atoms with van der Waals surface area (Å²) in [4.78, 5) is 27.9. The van der Waals surface area contributed by atoms with Crippen molar-refractivity contribution < 1.29 is 22.7 Å². The number of benzene rings is 2. The summed E-state index contributed by atoms with van der Waals surface area (Å²) in [7, 11) is -2.00. The lowest BCUT2D eigenvalue weighted by atomic mass is 10.1. The van der Waals surface area contributed by atoms with Crippen LogP contribution in [0.4, 0.5) is 5.69 Å². The van der Waals surface area contributed by atoms with E-state index >= 15 is 0 Å². The first kappa shape index (κ1) is 29.2. The monoisotopic (exact) mass is 517 g/mol. The van der Waals surface area contributed by atoms with Gasteiger partial charge in [-0.15, -0.1) is 0 Å². The molecule has 2 amide bonds. The fraction of sp³-hybridized carbons (Fsp3) is 0.481. The maximum Gasteiger partial charge on any atom is 0.242 e. The third-order valence-corrected chi connectivity index (χ3v) is 7.12. The molecule has 1 N–H and O–H groups in total. The van der Waals surface area contributed by atoms with E-state index in [0.717, 1.165) is 23.8 Å². The van der Waals surface area contributed by atoms with Gasteiger partial charge < -0.3 is 15.0 Å². The van der Waals surface area contributed by atoms with Crippen molar-refractivity contribution in [3.63, 3.8) is 0 Å². The Morgan fingerprint density at radius 3 is 2.19 bits per heavy atom. The van der Waals surface area contributed by atoms with E-state index in [-0.39, 0.29) is 24.8 Å². The van der Waals surface area contributed by atoms with Gasteiger partial charge in [-0.25, -0.2) is 8.42 Å². The number of sulfonamides is 1. The zero-order valence-electron chi connectivity index (χ0n) is 22.0. The Hall–Kier alpha value is -3.07. The van der Waals surface area contributed by atoms with E-state index in [0.29, 0.717) is 37.4 Å². The zero-order chi connectivity index (χ0) is 26.7. The SMILES string of the molecule is CCCNC(=O)[C@@H](CC)N(Cc1ccc(C)cc1)C(=O)CCCN(c1ccc(OC)cc1)S(C)(=O)=O. The molecule has 0 aromatic heterocycles. The molecule has 0 fully saturated rings. The van der Waals surface area contributed by atoms with Crippen LogP contribution >= 0.6 is 0 Å². The quantitative estimate of drug-likeness (QED) is 0.410. The average Bonchev–Trinajstić information content (AvgIpc) is 2.85. The number of nitrogens with zero attached hydrogens (tertiary/aromatic N) is 2. The number of methoxy groups -OCH3 is 1. The van der Waals surface area contributed by atoms with E-state index in [9.17, 15) is 18.0 Å². The molecule has 0 heterocycles. The highest BCUT2D eigenvalue weighted by Crippen LogP contribution is 2.22. The number of hydrogen-bond donors (Lipinski definition) is 1. The summed E-state index contributed by atoms with van der Waals surface area (Å²) < 4.78 is 31.4. The van der Waals surface area contributed by atoms with Gasteiger partial charge in [0, 0.05) is 26.1 Å². The molecule has 0 aliphatic heterocycles. The first-order chi connectivity index (χ1) is 17.1. The number of ether oxygens (including phenoxy) is 1. The Morgan fingerprint density at radius 2 is 1.67 bits per heavy atom. The van der Waals surface area contributed by atoms with Crippen molar-refractivity contribution in [2.75, 3.05) is 30.8 Å². The molecular formula is C27H39N3O5S. The van der Waals surface area contributed by atoms with E-state index in [1.807, 2.05) is 45.0 Å². The summed E-state index contributed by atoms with van der Waals surface area (Å²) in [5.74, 6) is 0.272. The van der Waals surface area contributed by atoms with Crippen LogP contribution in [0, 0.1) is 6.92 Å². The normalized spacial score (nSPS) is 12.0. The van der Waals surface area contributed by atoms with Gasteiger partial charge in [0.2, 0.25) is 21.8 Å². The highest BCUT2D eigenvalue weighted by atomic mass is 32.2. The Morgan fingerprint density at radius 1 is 1.03 bits per heavy atom. The second-order valence-corrected chi connectivity index (χ2v) is 10.8.